The molecule has 0 bridgehead atoms. The first kappa shape index (κ1) is 18.8. The Kier molecular flexibility index (Phi) is 5.01. The summed E-state index contributed by atoms with van der Waals surface area (Å²) in [4.78, 5) is 0. The van der Waals surface area contributed by atoms with Crippen molar-refractivity contribution in [3.63, 3.8) is 0 Å². The van der Waals surface area contributed by atoms with Gasteiger partial charge in [0.2, 0.25) is 5.71 Å². The van der Waals surface area contributed by atoms with Crippen LogP contribution in [0.2, 0.25) is 0 Å². The van der Waals surface area contributed by atoms with Crippen LogP contribution in [0.15, 0.2) is 35.4 Å². The van der Waals surface area contributed by atoms with Crippen molar-refractivity contribution in [3.8, 4) is 0 Å². The lowest BCUT2D eigenvalue weighted by Gasteiger charge is -2.35. The van der Waals surface area contributed by atoms with Gasteiger partial charge in [0.1, 0.15) is 11.3 Å². The summed E-state index contributed by atoms with van der Waals surface area (Å²) in [5.41, 5.74) is 7.84. The molecule has 2 aliphatic rings. The molecule has 1 aromatic carbocycles. The van der Waals surface area contributed by atoms with Gasteiger partial charge in [0.25, 0.3) is 5.66 Å². The fourth-order valence-corrected chi connectivity index (χ4v) is 4.09. The highest BCUT2D eigenvalue weighted by molar-refractivity contribution is 7.80. The molecule has 1 aliphatic heterocycles. The van der Waals surface area contributed by atoms with Gasteiger partial charge in [-0.1, -0.05) is 24.6 Å². The Hall–Kier alpha value is -2.03. The highest BCUT2D eigenvalue weighted by Crippen LogP contribution is 2.41. The quantitative estimate of drug-likeness (QED) is 0.317. The first-order valence-corrected chi connectivity index (χ1v) is 9.24. The number of nitrogens with zero attached hydrogens (tertiary/aromatic N) is 3. The molecule has 0 saturated heterocycles. The third-order valence-electron chi connectivity index (χ3n) is 5.25. The summed E-state index contributed by atoms with van der Waals surface area (Å²) in [6.07, 6.45) is 3.74. The lowest BCUT2D eigenvalue weighted by Crippen LogP contribution is -2.59. The Morgan fingerprint density at radius 1 is 1.31 bits per heavy atom. The number of thiocarbonyl (C=S) groups is 1. The lowest BCUT2D eigenvalue weighted by molar-refractivity contribution is -0.567. The third kappa shape index (κ3) is 2.87. The Morgan fingerprint density at radius 3 is 2.65 bits per heavy atom. The van der Waals surface area contributed by atoms with Gasteiger partial charge >= 0.3 is 0 Å². The van der Waals surface area contributed by atoms with Crippen LogP contribution in [0.3, 0.4) is 0 Å². The summed E-state index contributed by atoms with van der Waals surface area (Å²) in [6, 6.07) is 9.44. The maximum absolute atomic E-state index is 13.6. The predicted octanol–water partition coefficient (Wildman–Crippen LogP) is 2.32. The van der Waals surface area contributed by atoms with Crippen molar-refractivity contribution in [2.45, 2.75) is 57.2 Å². The molecule has 1 unspecified atom stereocenters. The van der Waals surface area contributed by atoms with E-state index in [0.717, 1.165) is 29.6 Å². The van der Waals surface area contributed by atoms with E-state index in [1.807, 2.05) is 44.2 Å². The molecule has 0 amide bonds. The molecule has 3 rings (SSSR count). The SMILES string of the molecule is CC1(C)C(c2ccccc2)=[N+]([O-])C2(CCCCCC2=NNC(N)=S)N1O. The molecule has 1 aliphatic carbocycles. The Morgan fingerprint density at radius 2 is 2.00 bits per heavy atom. The van der Waals surface area contributed by atoms with E-state index in [1.54, 1.807) is 0 Å². The molecule has 1 heterocycles. The van der Waals surface area contributed by atoms with Gasteiger partial charge in [0.05, 0.1) is 0 Å². The van der Waals surface area contributed by atoms with Crippen LogP contribution in [0.25, 0.3) is 0 Å². The second-order valence-corrected chi connectivity index (χ2v) is 7.73. The molecule has 1 fully saturated rings. The Balaban J connectivity index is 2.20. The number of nitrogens with one attached hydrogen (secondary N) is 1. The van der Waals surface area contributed by atoms with Gasteiger partial charge in [0, 0.05) is 12.0 Å². The minimum atomic E-state index is -1.26. The van der Waals surface area contributed by atoms with Gasteiger partial charge in [-0.25, -0.2) is 0 Å². The first-order valence-electron chi connectivity index (χ1n) is 8.83. The van der Waals surface area contributed by atoms with Gasteiger partial charge in [-0.3, -0.25) is 5.43 Å². The van der Waals surface area contributed by atoms with Crippen molar-refractivity contribution < 1.29 is 9.95 Å². The summed E-state index contributed by atoms with van der Waals surface area (Å²) < 4.78 is 0.938. The highest BCUT2D eigenvalue weighted by atomic mass is 32.1. The molecular weight excluding hydrogens is 350 g/mol. The first-order chi connectivity index (χ1) is 12.3. The zero-order chi connectivity index (χ0) is 18.9. The summed E-state index contributed by atoms with van der Waals surface area (Å²) in [5.74, 6) is 0. The monoisotopic (exact) mass is 375 g/mol. The molecule has 1 atom stereocenters. The molecule has 8 heteroatoms. The van der Waals surface area contributed by atoms with Gasteiger partial charge in [-0.15, -0.1) is 5.06 Å². The smallest absolute Gasteiger partial charge is 0.292 e. The molecule has 140 valence electrons. The summed E-state index contributed by atoms with van der Waals surface area (Å²) >= 11 is 4.85. The van der Waals surface area contributed by atoms with Gasteiger partial charge < -0.3 is 16.1 Å². The van der Waals surface area contributed by atoms with Crippen molar-refractivity contribution >= 4 is 28.8 Å². The van der Waals surface area contributed by atoms with Crippen LogP contribution in [0, 0.1) is 5.21 Å². The highest BCUT2D eigenvalue weighted by Gasteiger charge is 2.64. The number of nitrogens with two attached hydrogens (primary N) is 1. The number of hydroxylamine groups is 3. The number of hydrogen-bond donors (Lipinski definition) is 3. The zero-order valence-electron chi connectivity index (χ0n) is 15.1. The molecular formula is C18H25N5O2S. The summed E-state index contributed by atoms with van der Waals surface area (Å²) in [6.45, 7) is 3.69. The topological polar surface area (TPSA) is 100.0 Å². The van der Waals surface area contributed by atoms with Crippen LogP contribution in [0.1, 0.15) is 51.5 Å². The number of benzene rings is 1. The summed E-state index contributed by atoms with van der Waals surface area (Å²) in [7, 11) is 0. The van der Waals surface area contributed by atoms with E-state index in [1.165, 1.54) is 5.06 Å². The number of hydrogen-bond acceptors (Lipinski definition) is 5. The molecule has 1 spiro atoms. The zero-order valence-corrected chi connectivity index (χ0v) is 15.9. The van der Waals surface area contributed by atoms with Crippen LogP contribution in [-0.4, -0.2) is 42.7 Å². The van der Waals surface area contributed by atoms with E-state index in [2.05, 4.69) is 10.5 Å². The molecule has 1 saturated carbocycles. The Labute approximate surface area is 158 Å². The average molecular weight is 375 g/mol. The van der Waals surface area contributed by atoms with E-state index >= 15 is 0 Å². The molecule has 0 radical (unpaired) electrons. The fraction of sp³-hybridized carbons (Fsp3) is 0.500. The van der Waals surface area contributed by atoms with Crippen molar-refractivity contribution in [1.29, 1.82) is 0 Å². The van der Waals surface area contributed by atoms with Crippen LogP contribution >= 0.6 is 12.2 Å². The molecule has 4 N–H and O–H groups in total. The van der Waals surface area contributed by atoms with E-state index in [-0.39, 0.29) is 5.11 Å². The fourth-order valence-electron chi connectivity index (χ4n) is 4.05. The van der Waals surface area contributed by atoms with E-state index < -0.39 is 11.2 Å². The predicted molar refractivity (Wildman–Crippen MR) is 105 cm³/mol. The van der Waals surface area contributed by atoms with Crippen LogP contribution < -0.4 is 11.2 Å². The average Bonchev–Trinajstić information content (AvgIpc) is 2.77. The van der Waals surface area contributed by atoms with Crippen LogP contribution in [-0.2, 0) is 0 Å². The third-order valence-corrected chi connectivity index (χ3v) is 5.34. The van der Waals surface area contributed by atoms with Crippen molar-refractivity contribution in [2.24, 2.45) is 10.8 Å². The lowest BCUT2D eigenvalue weighted by atomic mass is 9.91. The molecule has 0 aromatic heterocycles. The van der Waals surface area contributed by atoms with Crippen LogP contribution in [0.4, 0.5) is 0 Å². The maximum atomic E-state index is 13.6. The van der Waals surface area contributed by atoms with E-state index in [9.17, 15) is 10.4 Å². The van der Waals surface area contributed by atoms with Gasteiger partial charge in [0.15, 0.2) is 5.11 Å². The van der Waals surface area contributed by atoms with Gasteiger partial charge in [-0.05, 0) is 57.5 Å². The van der Waals surface area contributed by atoms with Crippen molar-refractivity contribution in [2.75, 3.05) is 0 Å². The second-order valence-electron chi connectivity index (χ2n) is 7.29. The maximum Gasteiger partial charge on any atom is 0.292 e. The van der Waals surface area contributed by atoms with Crippen LogP contribution in [0.5, 0.6) is 0 Å². The minimum Gasteiger partial charge on any atom is -0.622 e. The normalized spacial score (nSPS) is 27.7. The molecule has 7 nitrogen and oxygen atoms in total. The van der Waals surface area contributed by atoms with E-state index in [0.29, 0.717) is 24.3 Å². The second kappa shape index (κ2) is 6.94. The molecule has 1 aromatic rings. The van der Waals surface area contributed by atoms with Gasteiger partial charge in [-0.2, -0.15) is 9.84 Å². The standard InChI is InChI=1S/C18H25N5O2S/c1-17(2)15(13-9-5-3-6-10-13)22(24)18(23(17)25)12-8-4-7-11-14(18)20-21-16(19)26/h3,5-6,9-10,25H,4,7-8,11-12H2,1-2H3,(H3,19,21,26). The number of rotatable bonds is 2. The molecule has 26 heavy (non-hydrogen) atoms. The minimum absolute atomic E-state index is 0.0309. The summed E-state index contributed by atoms with van der Waals surface area (Å²) in [5, 5.41) is 30.3. The Bertz CT molecular complexity index is 762. The van der Waals surface area contributed by atoms with E-state index in [4.69, 9.17) is 18.0 Å². The number of hydrazone groups is 1. The van der Waals surface area contributed by atoms with Crippen molar-refractivity contribution in [3.05, 3.63) is 41.1 Å². The van der Waals surface area contributed by atoms with Crippen molar-refractivity contribution in [1.82, 2.24) is 10.5 Å². The largest absolute Gasteiger partial charge is 0.622 e.